The van der Waals surface area contributed by atoms with Gasteiger partial charge in [0, 0.05) is 6.20 Å². The first-order valence-corrected chi connectivity index (χ1v) is 8.63. The maximum atomic E-state index is 12.0. The van der Waals surface area contributed by atoms with E-state index in [0.29, 0.717) is 18.1 Å². The van der Waals surface area contributed by atoms with Crippen molar-refractivity contribution in [1.82, 2.24) is 19.9 Å². The second-order valence-corrected chi connectivity index (χ2v) is 6.00. The standard InChI is InChI=1S/C21H18N4O2/c26-21(22-14-20-24-23-19-8-4-5-13-25(19)20)15-27-18-11-9-17(10-12-18)16-6-2-1-3-7-16/h1-13H,14-15H2,(H,22,26). The van der Waals surface area contributed by atoms with Crippen LogP contribution in [0.5, 0.6) is 5.75 Å². The molecule has 27 heavy (non-hydrogen) atoms. The molecule has 2 heterocycles. The first-order chi connectivity index (χ1) is 13.3. The minimum Gasteiger partial charge on any atom is -0.484 e. The van der Waals surface area contributed by atoms with Gasteiger partial charge in [0.15, 0.2) is 18.1 Å². The Hall–Kier alpha value is -3.67. The number of hydrogen-bond acceptors (Lipinski definition) is 4. The third-order valence-electron chi connectivity index (χ3n) is 4.16. The van der Waals surface area contributed by atoms with E-state index in [4.69, 9.17) is 4.74 Å². The zero-order chi connectivity index (χ0) is 18.5. The molecule has 2 aromatic heterocycles. The van der Waals surface area contributed by atoms with Crippen LogP contribution in [-0.2, 0) is 11.3 Å². The largest absolute Gasteiger partial charge is 0.484 e. The van der Waals surface area contributed by atoms with Gasteiger partial charge in [0.1, 0.15) is 5.75 Å². The zero-order valence-electron chi connectivity index (χ0n) is 14.6. The summed E-state index contributed by atoms with van der Waals surface area (Å²) in [5.41, 5.74) is 2.99. The lowest BCUT2D eigenvalue weighted by molar-refractivity contribution is -0.123. The van der Waals surface area contributed by atoms with Crippen LogP contribution >= 0.6 is 0 Å². The van der Waals surface area contributed by atoms with E-state index in [9.17, 15) is 4.79 Å². The van der Waals surface area contributed by atoms with Crippen LogP contribution in [-0.4, -0.2) is 27.1 Å². The van der Waals surface area contributed by atoms with Gasteiger partial charge in [0.05, 0.1) is 6.54 Å². The van der Waals surface area contributed by atoms with Crippen LogP contribution in [0.25, 0.3) is 16.8 Å². The number of carbonyl (C=O) groups excluding carboxylic acids is 1. The second-order valence-electron chi connectivity index (χ2n) is 6.00. The number of benzene rings is 2. The normalized spacial score (nSPS) is 10.7. The number of amides is 1. The molecule has 4 aromatic rings. The summed E-state index contributed by atoms with van der Waals surface area (Å²) in [5.74, 6) is 1.11. The Balaban J connectivity index is 1.30. The number of nitrogens with one attached hydrogen (secondary N) is 1. The Kier molecular flexibility index (Phi) is 4.78. The summed E-state index contributed by atoms with van der Waals surface area (Å²) in [7, 11) is 0. The Morgan fingerprint density at radius 3 is 2.44 bits per heavy atom. The molecule has 0 saturated heterocycles. The molecule has 134 valence electrons. The number of carbonyl (C=O) groups is 1. The van der Waals surface area contributed by atoms with Crippen molar-refractivity contribution >= 4 is 11.6 Å². The molecule has 0 aliphatic heterocycles. The van der Waals surface area contributed by atoms with Gasteiger partial charge >= 0.3 is 0 Å². The SMILES string of the molecule is O=C(COc1ccc(-c2ccccc2)cc1)NCc1nnc2ccccn12. The van der Waals surface area contributed by atoms with Crippen molar-refractivity contribution in [3.8, 4) is 16.9 Å². The van der Waals surface area contributed by atoms with Crippen LogP contribution in [0.2, 0.25) is 0 Å². The first kappa shape index (κ1) is 16.8. The first-order valence-electron chi connectivity index (χ1n) is 8.63. The van der Waals surface area contributed by atoms with E-state index in [1.165, 1.54) is 0 Å². The molecule has 0 unspecified atom stereocenters. The summed E-state index contributed by atoms with van der Waals surface area (Å²) in [6, 6.07) is 23.4. The fourth-order valence-electron chi connectivity index (χ4n) is 2.76. The number of aromatic nitrogens is 3. The van der Waals surface area contributed by atoms with Crippen LogP contribution in [0.1, 0.15) is 5.82 Å². The summed E-state index contributed by atoms with van der Waals surface area (Å²) in [5, 5.41) is 10.9. The highest BCUT2D eigenvalue weighted by Crippen LogP contribution is 2.21. The van der Waals surface area contributed by atoms with E-state index in [2.05, 4.69) is 27.6 Å². The fraction of sp³-hybridized carbons (Fsp3) is 0.0952. The molecular weight excluding hydrogens is 340 g/mol. The van der Waals surface area contributed by atoms with Crippen LogP contribution in [0.3, 0.4) is 0 Å². The van der Waals surface area contributed by atoms with Gasteiger partial charge in [-0.15, -0.1) is 10.2 Å². The lowest BCUT2D eigenvalue weighted by atomic mass is 10.1. The number of pyridine rings is 1. The molecule has 6 heteroatoms. The molecule has 6 nitrogen and oxygen atoms in total. The highest BCUT2D eigenvalue weighted by Gasteiger charge is 2.08. The van der Waals surface area contributed by atoms with E-state index < -0.39 is 0 Å². The lowest BCUT2D eigenvalue weighted by Crippen LogP contribution is -2.29. The summed E-state index contributed by atoms with van der Waals surface area (Å²) in [4.78, 5) is 12.0. The molecule has 0 spiro atoms. The van der Waals surface area contributed by atoms with Crippen molar-refractivity contribution in [2.24, 2.45) is 0 Å². The van der Waals surface area contributed by atoms with Gasteiger partial charge in [-0.25, -0.2) is 0 Å². The van der Waals surface area contributed by atoms with E-state index in [-0.39, 0.29) is 12.5 Å². The van der Waals surface area contributed by atoms with E-state index in [1.54, 1.807) is 0 Å². The highest BCUT2D eigenvalue weighted by molar-refractivity contribution is 5.77. The molecule has 0 atom stereocenters. The molecule has 0 bridgehead atoms. The van der Waals surface area contributed by atoms with Crippen molar-refractivity contribution in [2.75, 3.05) is 6.61 Å². The number of ether oxygens (including phenoxy) is 1. The monoisotopic (exact) mass is 358 g/mol. The highest BCUT2D eigenvalue weighted by atomic mass is 16.5. The predicted octanol–water partition coefficient (Wildman–Crippen LogP) is 3.09. The molecule has 4 rings (SSSR count). The minimum absolute atomic E-state index is 0.0541. The minimum atomic E-state index is -0.213. The van der Waals surface area contributed by atoms with Gasteiger partial charge in [-0.1, -0.05) is 48.5 Å². The Morgan fingerprint density at radius 1 is 0.889 bits per heavy atom. The Bertz CT molecular complexity index is 1040. The maximum absolute atomic E-state index is 12.0. The smallest absolute Gasteiger partial charge is 0.258 e. The van der Waals surface area contributed by atoms with Crippen LogP contribution in [0.15, 0.2) is 79.0 Å². The molecule has 1 amide bonds. The van der Waals surface area contributed by atoms with Crippen LogP contribution in [0, 0.1) is 0 Å². The molecule has 2 aromatic carbocycles. The summed E-state index contributed by atoms with van der Waals surface area (Å²) < 4.78 is 7.40. The van der Waals surface area contributed by atoms with Gasteiger partial charge in [-0.2, -0.15) is 0 Å². The molecule has 0 fully saturated rings. The Morgan fingerprint density at radius 2 is 1.63 bits per heavy atom. The average molecular weight is 358 g/mol. The number of rotatable bonds is 6. The number of fused-ring (bicyclic) bond motifs is 1. The van der Waals surface area contributed by atoms with E-state index in [0.717, 1.165) is 16.8 Å². The quantitative estimate of drug-likeness (QED) is 0.575. The van der Waals surface area contributed by atoms with Crippen molar-refractivity contribution in [1.29, 1.82) is 0 Å². The second kappa shape index (κ2) is 7.70. The van der Waals surface area contributed by atoms with Gasteiger partial charge in [0.2, 0.25) is 0 Å². The van der Waals surface area contributed by atoms with Gasteiger partial charge < -0.3 is 10.1 Å². The number of hydrogen-bond donors (Lipinski definition) is 1. The lowest BCUT2D eigenvalue weighted by Gasteiger charge is -2.08. The van der Waals surface area contributed by atoms with Crippen molar-refractivity contribution < 1.29 is 9.53 Å². The van der Waals surface area contributed by atoms with Gasteiger partial charge in [-0.05, 0) is 35.4 Å². The predicted molar refractivity (Wildman–Crippen MR) is 102 cm³/mol. The van der Waals surface area contributed by atoms with Crippen molar-refractivity contribution in [2.45, 2.75) is 6.54 Å². The maximum Gasteiger partial charge on any atom is 0.258 e. The summed E-state index contributed by atoms with van der Waals surface area (Å²) in [6.07, 6.45) is 1.86. The molecular formula is C21H18N4O2. The molecule has 1 N–H and O–H groups in total. The van der Waals surface area contributed by atoms with Gasteiger partial charge in [0.25, 0.3) is 5.91 Å². The van der Waals surface area contributed by atoms with E-state index in [1.807, 2.05) is 71.3 Å². The van der Waals surface area contributed by atoms with Crippen LogP contribution < -0.4 is 10.1 Å². The zero-order valence-corrected chi connectivity index (χ0v) is 14.6. The summed E-state index contributed by atoms with van der Waals surface area (Å²) >= 11 is 0. The van der Waals surface area contributed by atoms with Crippen molar-refractivity contribution in [3.63, 3.8) is 0 Å². The average Bonchev–Trinajstić information content (AvgIpc) is 3.15. The topological polar surface area (TPSA) is 68.5 Å². The molecule has 0 aliphatic carbocycles. The van der Waals surface area contributed by atoms with Gasteiger partial charge in [-0.3, -0.25) is 9.20 Å². The van der Waals surface area contributed by atoms with Crippen LogP contribution in [0.4, 0.5) is 0 Å². The number of nitrogens with zero attached hydrogens (tertiary/aromatic N) is 3. The Labute approximate surface area is 156 Å². The molecule has 0 radical (unpaired) electrons. The third-order valence-corrected chi connectivity index (χ3v) is 4.16. The van der Waals surface area contributed by atoms with Crippen molar-refractivity contribution in [3.05, 3.63) is 84.8 Å². The third kappa shape index (κ3) is 3.95. The fourth-order valence-corrected chi connectivity index (χ4v) is 2.76. The van der Waals surface area contributed by atoms with E-state index >= 15 is 0 Å². The molecule has 0 aliphatic rings. The summed E-state index contributed by atoms with van der Waals surface area (Å²) in [6.45, 7) is 0.238. The molecule has 0 saturated carbocycles.